The number of ketones is 1. The fourth-order valence-electron chi connectivity index (χ4n) is 3.31. The molecule has 4 rings (SSSR count). The first kappa shape index (κ1) is 17.5. The number of carbonyl (C=O) groups excluding carboxylic acids is 1. The van der Waals surface area contributed by atoms with Crippen LogP contribution in [0.4, 0.5) is 0 Å². The number of rotatable bonds is 5. The lowest BCUT2D eigenvalue weighted by Crippen LogP contribution is -2.24. The van der Waals surface area contributed by atoms with Crippen LogP contribution in [0.15, 0.2) is 72.8 Å². The molecule has 1 aliphatic rings. The zero-order chi connectivity index (χ0) is 18.5. The van der Waals surface area contributed by atoms with E-state index in [4.69, 9.17) is 9.47 Å². The Morgan fingerprint density at radius 2 is 1.78 bits per heavy atom. The summed E-state index contributed by atoms with van der Waals surface area (Å²) in [6.07, 6.45) is 6.46. The van der Waals surface area contributed by atoms with Crippen LogP contribution >= 0.6 is 0 Å². The zero-order valence-corrected chi connectivity index (χ0v) is 15.1. The molecule has 0 amide bonds. The molecule has 3 nitrogen and oxygen atoms in total. The summed E-state index contributed by atoms with van der Waals surface area (Å²) in [6, 6.07) is 21.5. The number of ether oxygens (including phenoxy) is 2. The first-order valence-corrected chi connectivity index (χ1v) is 9.38. The molecule has 1 unspecified atom stereocenters. The van der Waals surface area contributed by atoms with Gasteiger partial charge >= 0.3 is 0 Å². The Morgan fingerprint density at radius 1 is 0.963 bits per heavy atom. The SMILES string of the molecule is O=C(/C=C/c1cccc2ccccc12)c1ccc(OC2CCCCO2)cc1. The van der Waals surface area contributed by atoms with Crippen molar-refractivity contribution in [3.63, 3.8) is 0 Å². The highest BCUT2D eigenvalue weighted by Crippen LogP contribution is 2.21. The summed E-state index contributed by atoms with van der Waals surface area (Å²) in [6.45, 7) is 0.750. The van der Waals surface area contributed by atoms with Crippen LogP contribution in [0.5, 0.6) is 5.75 Å². The van der Waals surface area contributed by atoms with E-state index in [2.05, 4.69) is 18.2 Å². The number of hydrogen-bond acceptors (Lipinski definition) is 3. The Balaban J connectivity index is 1.45. The molecule has 0 bridgehead atoms. The van der Waals surface area contributed by atoms with Gasteiger partial charge in [0.1, 0.15) is 5.75 Å². The van der Waals surface area contributed by atoms with E-state index in [0.717, 1.165) is 42.6 Å². The van der Waals surface area contributed by atoms with Crippen LogP contribution in [-0.4, -0.2) is 18.7 Å². The van der Waals surface area contributed by atoms with Gasteiger partial charge in [-0.05, 0) is 59.5 Å². The molecule has 3 aromatic rings. The van der Waals surface area contributed by atoms with Crippen molar-refractivity contribution in [3.05, 3.63) is 83.9 Å². The molecule has 0 radical (unpaired) electrons. The number of hydrogen-bond donors (Lipinski definition) is 0. The smallest absolute Gasteiger partial charge is 0.199 e. The van der Waals surface area contributed by atoms with E-state index in [1.807, 2.05) is 42.5 Å². The van der Waals surface area contributed by atoms with Crippen LogP contribution < -0.4 is 4.74 Å². The summed E-state index contributed by atoms with van der Waals surface area (Å²) in [4.78, 5) is 12.5. The quantitative estimate of drug-likeness (QED) is 0.437. The second-order valence-electron chi connectivity index (χ2n) is 6.70. The summed E-state index contributed by atoms with van der Waals surface area (Å²) in [7, 11) is 0. The minimum absolute atomic E-state index is 0.0246. The van der Waals surface area contributed by atoms with Crippen LogP contribution in [0, 0.1) is 0 Å². The third kappa shape index (κ3) is 4.26. The zero-order valence-electron chi connectivity index (χ0n) is 15.1. The van der Waals surface area contributed by atoms with Crippen molar-refractivity contribution < 1.29 is 14.3 Å². The molecule has 136 valence electrons. The van der Waals surface area contributed by atoms with Gasteiger partial charge in [0.25, 0.3) is 0 Å². The van der Waals surface area contributed by atoms with Gasteiger partial charge in [0.2, 0.25) is 0 Å². The average molecular weight is 358 g/mol. The van der Waals surface area contributed by atoms with Crippen molar-refractivity contribution in [1.82, 2.24) is 0 Å². The summed E-state index contributed by atoms with van der Waals surface area (Å²) in [5, 5.41) is 2.30. The van der Waals surface area contributed by atoms with Crippen LogP contribution in [-0.2, 0) is 4.74 Å². The van der Waals surface area contributed by atoms with Crippen molar-refractivity contribution in [2.45, 2.75) is 25.6 Å². The summed E-state index contributed by atoms with van der Waals surface area (Å²) < 4.78 is 11.4. The summed E-state index contributed by atoms with van der Waals surface area (Å²) in [5.41, 5.74) is 1.68. The van der Waals surface area contributed by atoms with E-state index in [0.29, 0.717) is 5.56 Å². The van der Waals surface area contributed by atoms with Crippen LogP contribution in [0.1, 0.15) is 35.2 Å². The van der Waals surface area contributed by atoms with Crippen LogP contribution in [0.3, 0.4) is 0 Å². The molecule has 1 atom stereocenters. The van der Waals surface area contributed by atoms with Crippen molar-refractivity contribution in [1.29, 1.82) is 0 Å². The van der Waals surface area contributed by atoms with Gasteiger partial charge in [-0.3, -0.25) is 4.79 Å². The topological polar surface area (TPSA) is 35.5 Å². The highest BCUT2D eigenvalue weighted by molar-refractivity contribution is 6.07. The largest absolute Gasteiger partial charge is 0.465 e. The van der Waals surface area contributed by atoms with Gasteiger partial charge in [-0.2, -0.15) is 0 Å². The molecule has 0 spiro atoms. The Hall–Kier alpha value is -2.91. The molecule has 0 aromatic heterocycles. The summed E-state index contributed by atoms with van der Waals surface area (Å²) >= 11 is 0. The number of fused-ring (bicyclic) bond motifs is 1. The highest BCUT2D eigenvalue weighted by Gasteiger charge is 2.15. The molecule has 3 heteroatoms. The lowest BCUT2D eigenvalue weighted by Gasteiger charge is -2.23. The van der Waals surface area contributed by atoms with Crippen molar-refractivity contribution >= 4 is 22.6 Å². The van der Waals surface area contributed by atoms with Gasteiger partial charge in [-0.1, -0.05) is 48.5 Å². The number of allylic oxidation sites excluding steroid dienone is 1. The second kappa shape index (κ2) is 8.19. The van der Waals surface area contributed by atoms with Crippen molar-refractivity contribution in [2.75, 3.05) is 6.61 Å². The first-order chi connectivity index (χ1) is 13.3. The maximum Gasteiger partial charge on any atom is 0.199 e. The standard InChI is InChI=1S/C24H22O3/c25-23(16-13-19-8-5-7-18-6-1-2-9-22(18)19)20-11-14-21(15-12-20)27-24-10-3-4-17-26-24/h1-2,5-9,11-16,24H,3-4,10,17H2/b16-13+. The molecule has 0 saturated carbocycles. The van der Waals surface area contributed by atoms with E-state index in [9.17, 15) is 4.79 Å². The average Bonchev–Trinajstić information content (AvgIpc) is 2.73. The molecule has 3 aromatic carbocycles. The van der Waals surface area contributed by atoms with Gasteiger partial charge < -0.3 is 9.47 Å². The molecule has 0 aliphatic carbocycles. The Labute approximate surface area is 159 Å². The monoisotopic (exact) mass is 358 g/mol. The maximum absolute atomic E-state index is 12.5. The molecule has 0 N–H and O–H groups in total. The molecular formula is C24H22O3. The minimum Gasteiger partial charge on any atom is -0.465 e. The summed E-state index contributed by atoms with van der Waals surface area (Å²) in [5.74, 6) is 0.708. The highest BCUT2D eigenvalue weighted by atomic mass is 16.7. The lowest BCUT2D eigenvalue weighted by molar-refractivity contribution is -0.105. The molecule has 27 heavy (non-hydrogen) atoms. The second-order valence-corrected chi connectivity index (χ2v) is 6.70. The predicted octanol–water partition coefficient (Wildman–Crippen LogP) is 5.64. The van der Waals surface area contributed by atoms with Crippen molar-refractivity contribution in [3.8, 4) is 5.75 Å². The Morgan fingerprint density at radius 3 is 2.59 bits per heavy atom. The molecule has 1 heterocycles. The van der Waals surface area contributed by atoms with E-state index in [1.165, 1.54) is 5.39 Å². The molecular weight excluding hydrogens is 336 g/mol. The number of carbonyl (C=O) groups is 1. The first-order valence-electron chi connectivity index (χ1n) is 9.38. The third-order valence-electron chi connectivity index (χ3n) is 4.78. The number of benzene rings is 3. The van der Waals surface area contributed by atoms with Gasteiger partial charge in [0.15, 0.2) is 12.1 Å². The van der Waals surface area contributed by atoms with E-state index < -0.39 is 0 Å². The fraction of sp³-hybridized carbons (Fsp3) is 0.208. The van der Waals surface area contributed by atoms with Gasteiger partial charge in [0, 0.05) is 12.0 Å². The normalized spacial score (nSPS) is 17.3. The third-order valence-corrected chi connectivity index (χ3v) is 4.78. The van der Waals surface area contributed by atoms with Gasteiger partial charge in [-0.25, -0.2) is 0 Å². The Bertz CT molecular complexity index is 946. The molecule has 1 fully saturated rings. The molecule has 1 saturated heterocycles. The van der Waals surface area contributed by atoms with E-state index in [-0.39, 0.29) is 12.1 Å². The predicted molar refractivity (Wildman–Crippen MR) is 108 cm³/mol. The minimum atomic E-state index is -0.174. The van der Waals surface area contributed by atoms with Gasteiger partial charge in [0.05, 0.1) is 6.61 Å². The van der Waals surface area contributed by atoms with Crippen LogP contribution in [0.2, 0.25) is 0 Å². The lowest BCUT2D eigenvalue weighted by atomic mass is 10.0. The van der Waals surface area contributed by atoms with E-state index >= 15 is 0 Å². The van der Waals surface area contributed by atoms with Crippen LogP contribution in [0.25, 0.3) is 16.8 Å². The Kier molecular flexibility index (Phi) is 5.31. The van der Waals surface area contributed by atoms with Crippen molar-refractivity contribution in [2.24, 2.45) is 0 Å². The van der Waals surface area contributed by atoms with E-state index in [1.54, 1.807) is 18.2 Å². The van der Waals surface area contributed by atoms with Gasteiger partial charge in [-0.15, -0.1) is 0 Å². The fourth-order valence-corrected chi connectivity index (χ4v) is 3.31. The molecule has 1 aliphatic heterocycles. The maximum atomic E-state index is 12.5.